The molecule has 1 amide bonds. The quantitative estimate of drug-likeness (QED) is 0.555. The molecule has 2 atom stereocenters. The van der Waals surface area contributed by atoms with E-state index in [2.05, 4.69) is 10.3 Å². The summed E-state index contributed by atoms with van der Waals surface area (Å²) in [6.07, 6.45) is 0.120. The van der Waals surface area contributed by atoms with Crippen LogP contribution in [0, 0.1) is 11.6 Å². The zero-order valence-corrected chi connectivity index (χ0v) is 14.9. The normalized spacial score (nSPS) is 19.0. The van der Waals surface area contributed by atoms with E-state index < -0.39 is 29.6 Å². The van der Waals surface area contributed by atoms with E-state index >= 15 is 0 Å². The van der Waals surface area contributed by atoms with Crippen molar-refractivity contribution in [2.75, 3.05) is 6.54 Å². The minimum Gasteiger partial charge on any atom is -0.392 e. The molecule has 4 N–H and O–H groups in total. The Morgan fingerprint density at radius 2 is 2.04 bits per heavy atom. The van der Waals surface area contributed by atoms with Gasteiger partial charge in [-0.05, 0) is 60.7 Å². The van der Waals surface area contributed by atoms with Gasteiger partial charge in [0.25, 0.3) is 0 Å². The van der Waals surface area contributed by atoms with Gasteiger partial charge in [0.2, 0.25) is 5.91 Å². The van der Waals surface area contributed by atoms with Crippen LogP contribution >= 0.6 is 0 Å². The molecule has 0 fully saturated rings. The second-order valence-electron chi connectivity index (χ2n) is 6.66. The topological polar surface area (TPSA) is 87.7 Å². The second kappa shape index (κ2) is 7.84. The number of nitrogens with two attached hydrogens (primary N) is 1. The van der Waals surface area contributed by atoms with Crippen molar-refractivity contribution in [1.82, 2.24) is 5.32 Å². The Kier molecular flexibility index (Phi) is 5.51. The number of aliphatic hydroxyl groups is 1. The highest BCUT2D eigenvalue weighted by Gasteiger charge is 2.35. The third-order valence-corrected chi connectivity index (χ3v) is 4.66. The zero-order valence-electron chi connectivity index (χ0n) is 14.9. The van der Waals surface area contributed by atoms with E-state index in [9.17, 15) is 18.7 Å². The third kappa shape index (κ3) is 4.31. The molecule has 0 saturated heterocycles. The molecule has 142 valence electrons. The second-order valence-corrected chi connectivity index (χ2v) is 6.66. The maximum Gasteiger partial charge on any atom is 0.227 e. The van der Waals surface area contributed by atoms with Gasteiger partial charge in [0.05, 0.1) is 23.5 Å². The van der Waals surface area contributed by atoms with E-state index in [1.807, 2.05) is 12.1 Å². The van der Waals surface area contributed by atoms with E-state index in [4.69, 9.17) is 5.73 Å². The molecule has 1 aliphatic rings. The number of hydrogen-bond acceptors (Lipinski definition) is 3. The van der Waals surface area contributed by atoms with Crippen LogP contribution in [-0.2, 0) is 17.6 Å². The van der Waals surface area contributed by atoms with Crippen molar-refractivity contribution >= 4 is 17.4 Å². The number of benzene rings is 2. The summed E-state index contributed by atoms with van der Waals surface area (Å²) in [5.41, 5.74) is 8.34. The summed E-state index contributed by atoms with van der Waals surface area (Å²) in [6.45, 7) is 2.30. The van der Waals surface area contributed by atoms with Crippen molar-refractivity contribution in [3.8, 4) is 0 Å². The van der Waals surface area contributed by atoms with Crippen LogP contribution in [0.2, 0.25) is 0 Å². The van der Waals surface area contributed by atoms with Crippen LogP contribution < -0.4 is 11.1 Å². The molecular formula is C20H21F2N3O2. The van der Waals surface area contributed by atoms with Crippen molar-refractivity contribution in [1.29, 1.82) is 0 Å². The van der Waals surface area contributed by atoms with Crippen molar-refractivity contribution in [3.63, 3.8) is 0 Å². The number of aliphatic imine (C=N–C) groups is 1. The molecule has 0 heterocycles. The molecule has 3 rings (SSSR count). The standard InChI is InChI=1S/C20H21F2N3O2/c1-11(24-7-6-12-2-5-16(21)17(22)8-12)25-14-4-3-13-9-18(26)19(20(23)27)15(13)10-14/h2-5,8,10,18-19,26H,6-7,9H2,1H3,(H2,23,27)(H,24,25). The van der Waals surface area contributed by atoms with Gasteiger partial charge < -0.3 is 16.2 Å². The first-order valence-electron chi connectivity index (χ1n) is 8.68. The smallest absolute Gasteiger partial charge is 0.227 e. The summed E-state index contributed by atoms with van der Waals surface area (Å²) in [5, 5.41) is 13.1. The highest BCUT2D eigenvalue weighted by molar-refractivity contribution is 5.85. The lowest BCUT2D eigenvalue weighted by Crippen LogP contribution is -2.28. The van der Waals surface area contributed by atoms with Crippen LogP contribution in [-0.4, -0.2) is 29.5 Å². The Hall–Kier alpha value is -2.80. The van der Waals surface area contributed by atoms with Gasteiger partial charge in [-0.15, -0.1) is 0 Å². The molecule has 0 saturated carbocycles. The summed E-state index contributed by atoms with van der Waals surface area (Å²) < 4.78 is 26.1. The lowest BCUT2D eigenvalue weighted by atomic mass is 9.99. The molecule has 2 unspecified atom stereocenters. The van der Waals surface area contributed by atoms with Crippen molar-refractivity contribution in [3.05, 3.63) is 64.7 Å². The minimum atomic E-state index is -0.861. The zero-order chi connectivity index (χ0) is 19.6. The van der Waals surface area contributed by atoms with Gasteiger partial charge in [-0.2, -0.15) is 0 Å². The number of amidine groups is 1. The number of nitrogens with zero attached hydrogens (tertiary/aromatic N) is 1. The number of aliphatic hydroxyl groups excluding tert-OH is 1. The number of nitrogens with one attached hydrogen (secondary N) is 1. The SMILES string of the molecule is CC(=Nc1ccc2c(c1)C(C(N)=O)C(O)C2)NCCc1ccc(F)c(F)c1. The number of fused-ring (bicyclic) bond motifs is 1. The maximum atomic E-state index is 13.2. The Morgan fingerprint density at radius 1 is 1.26 bits per heavy atom. The molecule has 27 heavy (non-hydrogen) atoms. The molecule has 5 nitrogen and oxygen atoms in total. The molecule has 0 aliphatic heterocycles. The Balaban J connectivity index is 1.64. The Morgan fingerprint density at radius 3 is 2.74 bits per heavy atom. The number of amides is 1. The number of primary amides is 1. The highest BCUT2D eigenvalue weighted by atomic mass is 19.2. The molecule has 1 aliphatic carbocycles. The molecular weight excluding hydrogens is 352 g/mol. The fourth-order valence-electron chi connectivity index (χ4n) is 3.34. The van der Waals surface area contributed by atoms with Gasteiger partial charge in [-0.3, -0.25) is 4.79 Å². The molecule has 2 aromatic carbocycles. The lowest BCUT2D eigenvalue weighted by Gasteiger charge is -2.11. The fourth-order valence-corrected chi connectivity index (χ4v) is 3.34. The first kappa shape index (κ1) is 19.0. The number of halogens is 2. The molecule has 0 radical (unpaired) electrons. The molecule has 0 bridgehead atoms. The van der Waals surface area contributed by atoms with Gasteiger partial charge in [0.1, 0.15) is 0 Å². The number of rotatable bonds is 5. The van der Waals surface area contributed by atoms with Crippen LogP contribution in [0.25, 0.3) is 0 Å². The fraction of sp³-hybridized carbons (Fsp3) is 0.300. The summed E-state index contributed by atoms with van der Waals surface area (Å²) >= 11 is 0. The number of hydrogen-bond donors (Lipinski definition) is 3. The number of carbonyl (C=O) groups excluding carboxylic acids is 1. The summed E-state index contributed by atoms with van der Waals surface area (Å²) in [7, 11) is 0. The van der Waals surface area contributed by atoms with Crippen molar-refractivity contribution in [2.45, 2.75) is 31.8 Å². The van der Waals surface area contributed by atoms with Gasteiger partial charge in [0.15, 0.2) is 11.6 Å². The summed E-state index contributed by atoms with van der Waals surface area (Å²) in [6, 6.07) is 9.26. The molecule has 0 aromatic heterocycles. The maximum absolute atomic E-state index is 13.2. The number of carbonyl (C=O) groups is 1. The van der Waals surface area contributed by atoms with Gasteiger partial charge in [-0.25, -0.2) is 13.8 Å². The summed E-state index contributed by atoms with van der Waals surface area (Å²) in [5.74, 6) is -2.34. The van der Waals surface area contributed by atoms with E-state index in [0.29, 0.717) is 42.0 Å². The lowest BCUT2D eigenvalue weighted by molar-refractivity contribution is -0.121. The Labute approximate surface area is 155 Å². The molecule has 7 heteroatoms. The average Bonchev–Trinajstić information content (AvgIpc) is 2.93. The predicted octanol–water partition coefficient (Wildman–Crippen LogP) is 2.33. The van der Waals surface area contributed by atoms with E-state index in [1.165, 1.54) is 6.07 Å². The van der Waals surface area contributed by atoms with E-state index in [-0.39, 0.29) is 0 Å². The van der Waals surface area contributed by atoms with Crippen molar-refractivity contribution < 1.29 is 18.7 Å². The van der Waals surface area contributed by atoms with E-state index in [0.717, 1.165) is 11.6 Å². The van der Waals surface area contributed by atoms with Crippen LogP contribution in [0.5, 0.6) is 0 Å². The largest absolute Gasteiger partial charge is 0.392 e. The Bertz CT molecular complexity index is 899. The summed E-state index contributed by atoms with van der Waals surface area (Å²) in [4.78, 5) is 16.0. The highest BCUT2D eigenvalue weighted by Crippen LogP contribution is 2.35. The van der Waals surface area contributed by atoms with E-state index in [1.54, 1.807) is 19.1 Å². The predicted molar refractivity (Wildman–Crippen MR) is 98.9 cm³/mol. The van der Waals surface area contributed by atoms with Crippen LogP contribution in [0.15, 0.2) is 41.4 Å². The average molecular weight is 373 g/mol. The van der Waals surface area contributed by atoms with Crippen LogP contribution in [0.4, 0.5) is 14.5 Å². The molecule has 0 spiro atoms. The first-order chi connectivity index (χ1) is 12.8. The van der Waals surface area contributed by atoms with Gasteiger partial charge in [0, 0.05) is 6.54 Å². The van der Waals surface area contributed by atoms with Crippen LogP contribution in [0.1, 0.15) is 29.5 Å². The van der Waals surface area contributed by atoms with Crippen LogP contribution in [0.3, 0.4) is 0 Å². The third-order valence-electron chi connectivity index (χ3n) is 4.66. The van der Waals surface area contributed by atoms with Gasteiger partial charge in [-0.1, -0.05) is 12.1 Å². The van der Waals surface area contributed by atoms with Crippen molar-refractivity contribution in [2.24, 2.45) is 10.7 Å². The molecule has 2 aromatic rings. The first-order valence-corrected chi connectivity index (χ1v) is 8.68. The monoisotopic (exact) mass is 373 g/mol. The minimum absolute atomic E-state index is 0.401. The van der Waals surface area contributed by atoms with Gasteiger partial charge >= 0.3 is 0 Å².